The van der Waals surface area contributed by atoms with E-state index >= 15 is 0 Å². The zero-order chi connectivity index (χ0) is 12.4. The van der Waals surface area contributed by atoms with Gasteiger partial charge in [0, 0.05) is 11.8 Å². The van der Waals surface area contributed by atoms with Crippen LogP contribution in [0.2, 0.25) is 0 Å². The fraction of sp³-hybridized carbons (Fsp3) is 0.417. The first-order valence-electron chi connectivity index (χ1n) is 5.39. The molecule has 0 aliphatic heterocycles. The van der Waals surface area contributed by atoms with Crippen LogP contribution in [0.3, 0.4) is 0 Å². The number of hydrogen-bond acceptors (Lipinski definition) is 2. The lowest BCUT2D eigenvalue weighted by atomic mass is 10.3. The number of nitrogens with zero attached hydrogens (tertiary/aromatic N) is 2. The second-order valence-electron chi connectivity index (χ2n) is 3.95. The number of imidazole rings is 1. The van der Waals surface area contributed by atoms with Crippen LogP contribution in [0.1, 0.15) is 12.7 Å². The van der Waals surface area contributed by atoms with Gasteiger partial charge in [0.05, 0.1) is 16.9 Å². The van der Waals surface area contributed by atoms with Gasteiger partial charge in [0.1, 0.15) is 11.6 Å². The Morgan fingerprint density at radius 2 is 2.29 bits per heavy atom. The fourth-order valence-electron chi connectivity index (χ4n) is 1.78. The predicted molar refractivity (Wildman–Crippen MR) is 72.2 cm³/mol. The van der Waals surface area contributed by atoms with Crippen molar-refractivity contribution in [2.75, 3.05) is 6.26 Å². The van der Waals surface area contributed by atoms with Crippen molar-refractivity contribution in [1.29, 1.82) is 0 Å². The van der Waals surface area contributed by atoms with Gasteiger partial charge in [-0.15, -0.1) is 11.6 Å². The van der Waals surface area contributed by atoms with Gasteiger partial charge in [-0.2, -0.15) is 11.8 Å². The van der Waals surface area contributed by atoms with Gasteiger partial charge in [-0.25, -0.2) is 9.37 Å². The molecule has 0 aliphatic carbocycles. The molecule has 92 valence electrons. The number of alkyl halides is 1. The Kier molecular flexibility index (Phi) is 3.94. The lowest BCUT2D eigenvalue weighted by molar-refractivity contribution is 0.626. The number of hydrogen-bond donors (Lipinski definition) is 0. The van der Waals surface area contributed by atoms with Crippen LogP contribution >= 0.6 is 23.4 Å². The Hall–Kier alpha value is -0.740. The molecule has 0 saturated carbocycles. The molecule has 0 spiro atoms. The van der Waals surface area contributed by atoms with E-state index in [1.807, 2.05) is 4.57 Å². The molecule has 17 heavy (non-hydrogen) atoms. The van der Waals surface area contributed by atoms with Crippen LogP contribution < -0.4 is 0 Å². The lowest BCUT2D eigenvalue weighted by Crippen LogP contribution is -2.11. The summed E-state index contributed by atoms with van der Waals surface area (Å²) < 4.78 is 15.3. The van der Waals surface area contributed by atoms with E-state index in [2.05, 4.69) is 18.2 Å². The minimum Gasteiger partial charge on any atom is -0.326 e. The van der Waals surface area contributed by atoms with Crippen LogP contribution in [0, 0.1) is 5.82 Å². The van der Waals surface area contributed by atoms with E-state index in [0.717, 1.165) is 23.4 Å². The zero-order valence-electron chi connectivity index (χ0n) is 9.78. The second kappa shape index (κ2) is 5.27. The topological polar surface area (TPSA) is 17.8 Å². The maximum atomic E-state index is 13.3. The molecule has 1 aromatic heterocycles. The van der Waals surface area contributed by atoms with E-state index in [1.165, 1.54) is 12.1 Å². The molecular weight excluding hydrogens is 259 g/mol. The molecule has 2 nitrogen and oxygen atoms in total. The highest BCUT2D eigenvalue weighted by Gasteiger charge is 2.12. The van der Waals surface area contributed by atoms with Crippen LogP contribution in [-0.4, -0.2) is 21.1 Å². The Balaban J connectivity index is 2.52. The molecule has 1 aromatic carbocycles. The number of thioether (sulfide) groups is 1. The van der Waals surface area contributed by atoms with Gasteiger partial charge in [-0.3, -0.25) is 0 Å². The van der Waals surface area contributed by atoms with Crippen LogP contribution in [-0.2, 0) is 12.4 Å². The minimum absolute atomic E-state index is 0.239. The molecule has 0 radical (unpaired) electrons. The molecule has 0 saturated heterocycles. The van der Waals surface area contributed by atoms with E-state index in [4.69, 9.17) is 11.6 Å². The van der Waals surface area contributed by atoms with Gasteiger partial charge >= 0.3 is 0 Å². The van der Waals surface area contributed by atoms with Gasteiger partial charge in [0.2, 0.25) is 0 Å². The van der Waals surface area contributed by atoms with Gasteiger partial charge in [0.25, 0.3) is 0 Å². The summed E-state index contributed by atoms with van der Waals surface area (Å²) >= 11 is 7.66. The quantitative estimate of drug-likeness (QED) is 0.791. The smallest absolute Gasteiger partial charge is 0.125 e. The van der Waals surface area contributed by atoms with Crippen LogP contribution in [0.15, 0.2) is 18.2 Å². The normalized spacial score (nSPS) is 13.2. The predicted octanol–water partition coefficient (Wildman–Crippen LogP) is 3.67. The van der Waals surface area contributed by atoms with E-state index in [0.29, 0.717) is 11.1 Å². The Morgan fingerprint density at radius 3 is 2.94 bits per heavy atom. The Bertz CT molecular complexity index is 526. The van der Waals surface area contributed by atoms with Crippen molar-refractivity contribution >= 4 is 34.4 Å². The van der Waals surface area contributed by atoms with Crippen molar-refractivity contribution in [3.8, 4) is 0 Å². The molecular formula is C12H14ClFN2S. The summed E-state index contributed by atoms with van der Waals surface area (Å²) in [6.45, 7) is 2.93. The van der Waals surface area contributed by atoms with Gasteiger partial charge in [-0.05, 0) is 24.5 Å². The van der Waals surface area contributed by atoms with Gasteiger partial charge in [-0.1, -0.05) is 6.92 Å². The molecule has 0 bridgehead atoms. The molecule has 2 rings (SSSR count). The Morgan fingerprint density at radius 1 is 1.53 bits per heavy atom. The maximum Gasteiger partial charge on any atom is 0.125 e. The summed E-state index contributed by atoms with van der Waals surface area (Å²) in [5, 5.41) is 0.442. The third-order valence-corrected chi connectivity index (χ3v) is 3.94. The van der Waals surface area contributed by atoms with Gasteiger partial charge < -0.3 is 4.57 Å². The molecule has 0 fully saturated rings. The van der Waals surface area contributed by atoms with Crippen molar-refractivity contribution in [3.05, 3.63) is 29.8 Å². The van der Waals surface area contributed by atoms with E-state index in [9.17, 15) is 4.39 Å². The summed E-state index contributed by atoms with van der Waals surface area (Å²) in [5.41, 5.74) is 1.62. The molecule has 5 heteroatoms. The molecule has 0 N–H and O–H groups in total. The van der Waals surface area contributed by atoms with Crippen LogP contribution in [0.4, 0.5) is 4.39 Å². The van der Waals surface area contributed by atoms with E-state index in [-0.39, 0.29) is 5.82 Å². The second-order valence-corrected chi connectivity index (χ2v) is 5.50. The highest BCUT2D eigenvalue weighted by molar-refractivity contribution is 7.99. The average Bonchev–Trinajstić information content (AvgIpc) is 2.67. The lowest BCUT2D eigenvalue weighted by Gasteiger charge is -2.12. The molecule has 1 heterocycles. The van der Waals surface area contributed by atoms with Crippen molar-refractivity contribution in [2.45, 2.75) is 24.6 Å². The first-order chi connectivity index (χ1) is 8.15. The van der Waals surface area contributed by atoms with Gasteiger partial charge in [0.15, 0.2) is 0 Å². The van der Waals surface area contributed by atoms with E-state index < -0.39 is 0 Å². The largest absolute Gasteiger partial charge is 0.326 e. The third-order valence-electron chi connectivity index (χ3n) is 2.75. The third kappa shape index (κ3) is 2.58. The molecule has 2 aromatic rings. The number of rotatable bonds is 4. The molecule has 1 atom stereocenters. The first-order valence-corrected chi connectivity index (χ1v) is 7.21. The zero-order valence-corrected chi connectivity index (χ0v) is 11.4. The number of aromatic nitrogens is 2. The summed E-state index contributed by atoms with van der Waals surface area (Å²) in [6, 6.07) is 4.64. The SMILES string of the molecule is CSC(C)Cn1c(CCl)nc2ccc(F)cc21. The highest BCUT2D eigenvalue weighted by atomic mass is 35.5. The molecule has 0 amide bonds. The van der Waals surface area contributed by atoms with Crippen LogP contribution in [0.5, 0.6) is 0 Å². The fourth-order valence-corrected chi connectivity index (χ4v) is 2.29. The van der Waals surface area contributed by atoms with Crippen molar-refractivity contribution < 1.29 is 4.39 Å². The first kappa shape index (κ1) is 12.7. The number of benzene rings is 1. The molecule has 1 unspecified atom stereocenters. The van der Waals surface area contributed by atoms with Crippen molar-refractivity contribution in [1.82, 2.24) is 9.55 Å². The van der Waals surface area contributed by atoms with Crippen molar-refractivity contribution in [3.63, 3.8) is 0 Å². The monoisotopic (exact) mass is 272 g/mol. The van der Waals surface area contributed by atoms with E-state index in [1.54, 1.807) is 17.8 Å². The summed E-state index contributed by atoms with van der Waals surface area (Å²) in [6.07, 6.45) is 2.06. The average molecular weight is 273 g/mol. The Labute approximate surface area is 109 Å². The van der Waals surface area contributed by atoms with Crippen LogP contribution in [0.25, 0.3) is 11.0 Å². The number of fused-ring (bicyclic) bond motifs is 1. The summed E-state index contributed by atoms with van der Waals surface area (Å²) in [7, 11) is 0. The summed E-state index contributed by atoms with van der Waals surface area (Å²) in [4.78, 5) is 4.41. The molecule has 0 aliphatic rings. The van der Waals surface area contributed by atoms with Crippen molar-refractivity contribution in [2.24, 2.45) is 0 Å². The highest BCUT2D eigenvalue weighted by Crippen LogP contribution is 2.21. The summed E-state index contributed by atoms with van der Waals surface area (Å²) in [5.74, 6) is 0.905. The maximum absolute atomic E-state index is 13.3. The standard InChI is InChI=1S/C12H14ClFN2S/c1-8(17-2)7-16-11-5-9(14)3-4-10(11)15-12(16)6-13/h3-5,8H,6-7H2,1-2H3. The minimum atomic E-state index is -0.239. The number of halogens is 2.